The van der Waals surface area contributed by atoms with Crippen LogP contribution in [0.4, 0.5) is 0 Å². The van der Waals surface area contributed by atoms with Crippen LogP contribution in [0, 0.1) is 22.7 Å². The molecule has 2 saturated carbocycles. The summed E-state index contributed by atoms with van der Waals surface area (Å²) in [5.74, 6) is 0.908. The van der Waals surface area contributed by atoms with Crippen LogP contribution in [0.2, 0.25) is 0 Å². The molecule has 1 amide bonds. The normalized spacial score (nSPS) is 37.2. The van der Waals surface area contributed by atoms with Crippen LogP contribution in [0.1, 0.15) is 73.1 Å². The molecule has 0 radical (unpaired) electrons. The molecule has 1 saturated heterocycles. The first-order chi connectivity index (χ1) is 11.2. The minimum Gasteiger partial charge on any atom is -0.460 e. The van der Waals surface area contributed by atoms with Crippen LogP contribution in [-0.4, -0.2) is 35.5 Å². The Bertz CT molecular complexity index is 527. The number of nitrogens with zero attached hydrogens (tertiary/aromatic N) is 1. The van der Waals surface area contributed by atoms with Crippen molar-refractivity contribution in [3.05, 3.63) is 0 Å². The molecule has 4 atom stereocenters. The third kappa shape index (κ3) is 2.66. The van der Waals surface area contributed by atoms with Gasteiger partial charge >= 0.3 is 5.97 Å². The summed E-state index contributed by atoms with van der Waals surface area (Å²) in [5, 5.41) is 0. The Kier molecular flexibility index (Phi) is 4.46. The Morgan fingerprint density at radius 1 is 1.21 bits per heavy atom. The number of amides is 1. The lowest BCUT2D eigenvalue weighted by molar-refractivity contribution is -0.165. The van der Waals surface area contributed by atoms with E-state index in [0.717, 1.165) is 25.7 Å². The van der Waals surface area contributed by atoms with E-state index < -0.39 is 0 Å². The molecule has 3 rings (SSSR count). The number of fused-ring (bicyclic) bond motifs is 2. The maximum absolute atomic E-state index is 12.8. The van der Waals surface area contributed by atoms with E-state index in [-0.39, 0.29) is 34.9 Å². The van der Waals surface area contributed by atoms with E-state index in [2.05, 4.69) is 20.8 Å². The molecule has 2 aliphatic carbocycles. The van der Waals surface area contributed by atoms with Gasteiger partial charge in [-0.2, -0.15) is 0 Å². The van der Waals surface area contributed by atoms with Crippen LogP contribution < -0.4 is 0 Å². The van der Waals surface area contributed by atoms with Crippen LogP contribution in [-0.2, 0) is 14.3 Å². The second kappa shape index (κ2) is 6.03. The number of ether oxygens (including phenoxy) is 1. The van der Waals surface area contributed by atoms with E-state index in [9.17, 15) is 9.59 Å². The Hall–Kier alpha value is -1.06. The molecule has 24 heavy (non-hydrogen) atoms. The molecule has 2 bridgehead atoms. The van der Waals surface area contributed by atoms with Gasteiger partial charge in [-0.1, -0.05) is 34.6 Å². The van der Waals surface area contributed by atoms with Crippen molar-refractivity contribution in [2.75, 3.05) is 6.54 Å². The summed E-state index contributed by atoms with van der Waals surface area (Å²) in [5.41, 5.74) is 0.319. The lowest BCUT2D eigenvalue weighted by Crippen LogP contribution is -2.45. The first kappa shape index (κ1) is 17.8. The number of likely N-dealkylation sites (tertiary alicyclic amines) is 1. The molecule has 4 nitrogen and oxygen atoms in total. The molecule has 0 aromatic rings. The SMILES string of the molecule is CC(C)CC(=O)N1CCCC1C(=O)OC1CC2CCC1(C)C2(C)C. The monoisotopic (exact) mass is 335 g/mol. The molecule has 0 aromatic heterocycles. The molecule has 1 aliphatic heterocycles. The Labute approximate surface area is 146 Å². The van der Waals surface area contributed by atoms with Gasteiger partial charge in [0.05, 0.1) is 0 Å². The van der Waals surface area contributed by atoms with Crippen molar-refractivity contribution in [3.63, 3.8) is 0 Å². The summed E-state index contributed by atoms with van der Waals surface area (Å²) in [6.45, 7) is 11.7. The van der Waals surface area contributed by atoms with Gasteiger partial charge in [-0.15, -0.1) is 0 Å². The van der Waals surface area contributed by atoms with Gasteiger partial charge in [-0.3, -0.25) is 4.79 Å². The van der Waals surface area contributed by atoms with Crippen molar-refractivity contribution >= 4 is 11.9 Å². The van der Waals surface area contributed by atoms with E-state index in [1.807, 2.05) is 13.8 Å². The van der Waals surface area contributed by atoms with Crippen LogP contribution in [0.25, 0.3) is 0 Å². The van der Waals surface area contributed by atoms with E-state index in [4.69, 9.17) is 4.74 Å². The molecule has 1 heterocycles. The fraction of sp³-hybridized carbons (Fsp3) is 0.900. The minimum absolute atomic E-state index is 0.0152. The first-order valence-corrected chi connectivity index (χ1v) is 9.67. The molecule has 0 N–H and O–H groups in total. The first-order valence-electron chi connectivity index (χ1n) is 9.67. The molecule has 0 spiro atoms. The summed E-state index contributed by atoms with van der Waals surface area (Å²) in [7, 11) is 0. The Morgan fingerprint density at radius 3 is 2.46 bits per heavy atom. The van der Waals surface area contributed by atoms with Gasteiger partial charge in [-0.05, 0) is 49.4 Å². The van der Waals surface area contributed by atoms with Crippen LogP contribution >= 0.6 is 0 Å². The van der Waals surface area contributed by atoms with Crippen molar-refractivity contribution in [2.24, 2.45) is 22.7 Å². The fourth-order valence-corrected chi connectivity index (χ4v) is 5.30. The van der Waals surface area contributed by atoms with Crippen molar-refractivity contribution in [2.45, 2.75) is 85.3 Å². The third-order valence-electron chi connectivity index (χ3n) is 7.40. The molecule has 136 valence electrons. The molecule has 0 aromatic carbocycles. The molecule has 4 heteroatoms. The number of hydrogen-bond acceptors (Lipinski definition) is 3. The Balaban J connectivity index is 1.66. The molecule has 3 fully saturated rings. The zero-order valence-electron chi connectivity index (χ0n) is 15.9. The van der Waals surface area contributed by atoms with E-state index in [1.165, 1.54) is 6.42 Å². The number of esters is 1. The number of carbonyl (C=O) groups is 2. The highest BCUT2D eigenvalue weighted by Crippen LogP contribution is 2.66. The summed E-state index contributed by atoms with van der Waals surface area (Å²) >= 11 is 0. The Morgan fingerprint density at radius 2 is 1.92 bits per heavy atom. The zero-order chi connectivity index (χ0) is 17.7. The second-order valence-electron chi connectivity index (χ2n) is 9.38. The smallest absolute Gasteiger partial charge is 0.329 e. The lowest BCUT2D eigenvalue weighted by Gasteiger charge is -2.39. The average molecular weight is 335 g/mol. The zero-order valence-corrected chi connectivity index (χ0v) is 15.9. The van der Waals surface area contributed by atoms with Crippen LogP contribution in [0.3, 0.4) is 0 Å². The van der Waals surface area contributed by atoms with Crippen molar-refractivity contribution in [1.29, 1.82) is 0 Å². The highest BCUT2D eigenvalue weighted by molar-refractivity contribution is 5.85. The van der Waals surface area contributed by atoms with Crippen molar-refractivity contribution in [3.8, 4) is 0 Å². The predicted molar refractivity (Wildman–Crippen MR) is 93.3 cm³/mol. The van der Waals surface area contributed by atoms with Gasteiger partial charge in [0.2, 0.25) is 5.91 Å². The maximum atomic E-state index is 12.8. The molecule has 4 unspecified atom stereocenters. The molecule has 3 aliphatic rings. The highest BCUT2D eigenvalue weighted by Gasteiger charge is 2.63. The summed E-state index contributed by atoms with van der Waals surface area (Å²) < 4.78 is 6.02. The summed E-state index contributed by atoms with van der Waals surface area (Å²) in [4.78, 5) is 27.0. The number of rotatable bonds is 4. The van der Waals surface area contributed by atoms with Crippen molar-refractivity contribution in [1.82, 2.24) is 4.90 Å². The quantitative estimate of drug-likeness (QED) is 0.735. The number of hydrogen-bond donors (Lipinski definition) is 0. The van der Waals surface area contributed by atoms with Crippen LogP contribution in [0.15, 0.2) is 0 Å². The molecular weight excluding hydrogens is 302 g/mol. The van der Waals surface area contributed by atoms with Gasteiger partial charge in [-0.25, -0.2) is 4.79 Å². The highest BCUT2D eigenvalue weighted by atomic mass is 16.5. The molecular formula is C20H33NO3. The van der Waals surface area contributed by atoms with Gasteiger partial charge in [0.15, 0.2) is 0 Å². The van der Waals surface area contributed by atoms with Crippen molar-refractivity contribution < 1.29 is 14.3 Å². The van der Waals surface area contributed by atoms with Crippen LogP contribution in [0.5, 0.6) is 0 Å². The summed E-state index contributed by atoms with van der Waals surface area (Å²) in [6, 6.07) is -0.359. The predicted octanol–water partition coefficient (Wildman–Crippen LogP) is 3.78. The topological polar surface area (TPSA) is 46.6 Å². The second-order valence-corrected chi connectivity index (χ2v) is 9.38. The third-order valence-corrected chi connectivity index (χ3v) is 7.40. The van der Waals surface area contributed by atoms with Gasteiger partial charge in [0.25, 0.3) is 0 Å². The van der Waals surface area contributed by atoms with E-state index >= 15 is 0 Å². The standard InChI is InChI=1S/C20H33NO3/c1-13(2)11-17(22)21-10-6-7-15(21)18(23)24-16-12-14-8-9-20(16,5)19(14,3)4/h13-16H,6-12H2,1-5H3. The van der Waals surface area contributed by atoms with E-state index in [0.29, 0.717) is 24.8 Å². The fourth-order valence-electron chi connectivity index (χ4n) is 5.30. The lowest BCUT2D eigenvalue weighted by atomic mass is 9.70. The minimum atomic E-state index is -0.359. The largest absolute Gasteiger partial charge is 0.460 e. The maximum Gasteiger partial charge on any atom is 0.329 e. The summed E-state index contributed by atoms with van der Waals surface area (Å²) in [6.07, 6.45) is 5.56. The van der Waals surface area contributed by atoms with Gasteiger partial charge in [0.1, 0.15) is 12.1 Å². The van der Waals surface area contributed by atoms with E-state index in [1.54, 1.807) is 4.90 Å². The van der Waals surface area contributed by atoms with Gasteiger partial charge < -0.3 is 9.64 Å². The average Bonchev–Trinajstić information content (AvgIpc) is 3.09. The van der Waals surface area contributed by atoms with Gasteiger partial charge in [0, 0.05) is 18.4 Å². The number of carbonyl (C=O) groups excluding carboxylic acids is 2.